The molecule has 0 aromatic carbocycles. The third-order valence-electron chi connectivity index (χ3n) is 3.28. The van der Waals surface area contributed by atoms with Crippen molar-refractivity contribution in [2.24, 2.45) is 0 Å². The molecule has 0 saturated carbocycles. The maximum absolute atomic E-state index is 12.4. The lowest BCUT2D eigenvalue weighted by molar-refractivity contribution is -0.134. The molecule has 0 unspecified atom stereocenters. The molecule has 0 bridgehead atoms. The van der Waals surface area contributed by atoms with Crippen LogP contribution in [0.1, 0.15) is 0 Å². The Morgan fingerprint density at radius 1 is 1.42 bits per heavy atom. The van der Waals surface area contributed by atoms with Crippen molar-refractivity contribution in [3.63, 3.8) is 0 Å². The van der Waals surface area contributed by atoms with E-state index in [0.29, 0.717) is 0 Å². The Morgan fingerprint density at radius 3 is 3.00 bits per heavy atom. The molecule has 2 saturated heterocycles. The number of sulfonamides is 1. The van der Waals surface area contributed by atoms with E-state index in [1.54, 1.807) is 6.07 Å². The molecule has 0 spiro atoms. The maximum atomic E-state index is 12.4. The molecular formula is C11H13N3O4S. The molecule has 1 aromatic heterocycles. The Hall–Kier alpha value is -1.51. The summed E-state index contributed by atoms with van der Waals surface area (Å²) in [4.78, 5) is 15.2. The van der Waals surface area contributed by atoms with Crippen LogP contribution < -0.4 is 5.32 Å². The van der Waals surface area contributed by atoms with Gasteiger partial charge in [-0.25, -0.2) is 8.42 Å². The summed E-state index contributed by atoms with van der Waals surface area (Å²) in [6.45, 7) is 0.470. The van der Waals surface area contributed by atoms with E-state index in [1.165, 1.54) is 22.8 Å². The highest BCUT2D eigenvalue weighted by Gasteiger charge is 2.42. The Balaban J connectivity index is 1.83. The molecule has 3 rings (SSSR count). The Kier molecular flexibility index (Phi) is 3.00. The number of amides is 1. The number of hydrogen-bond donors (Lipinski definition) is 1. The lowest BCUT2D eigenvalue weighted by atomic mass is 10.2. The number of carbonyl (C=O) groups excluding carboxylic acids is 1. The van der Waals surface area contributed by atoms with Crippen LogP contribution in [0.5, 0.6) is 0 Å². The zero-order chi connectivity index (χ0) is 13.5. The minimum atomic E-state index is -3.57. The van der Waals surface area contributed by atoms with E-state index >= 15 is 0 Å². The number of carbonyl (C=O) groups is 1. The molecule has 0 radical (unpaired) electrons. The third-order valence-corrected chi connectivity index (χ3v) is 5.09. The molecule has 1 aromatic rings. The number of rotatable bonds is 2. The van der Waals surface area contributed by atoms with Gasteiger partial charge in [0.1, 0.15) is 11.5 Å². The molecule has 3 heterocycles. The molecule has 2 aliphatic heterocycles. The number of nitrogens with zero attached hydrogens (tertiary/aromatic N) is 2. The van der Waals surface area contributed by atoms with Crippen LogP contribution in [0.4, 0.5) is 0 Å². The van der Waals surface area contributed by atoms with E-state index in [4.69, 9.17) is 4.74 Å². The summed E-state index contributed by atoms with van der Waals surface area (Å²) in [5, 5.41) is 2.75. The van der Waals surface area contributed by atoms with Crippen molar-refractivity contribution in [2.45, 2.75) is 17.0 Å². The number of morpholine rings is 1. The first-order chi connectivity index (χ1) is 9.07. The Morgan fingerprint density at radius 2 is 2.26 bits per heavy atom. The smallest absolute Gasteiger partial charge is 0.246 e. The molecule has 1 N–H and O–H groups in total. The van der Waals surface area contributed by atoms with E-state index in [2.05, 4.69) is 10.3 Å². The summed E-state index contributed by atoms with van der Waals surface area (Å²) in [6, 6.07) is 2.81. The van der Waals surface area contributed by atoms with Crippen LogP contribution in [-0.4, -0.2) is 55.5 Å². The predicted octanol–water partition coefficient (Wildman–Crippen LogP) is -1.03. The van der Waals surface area contributed by atoms with Crippen LogP contribution in [0.2, 0.25) is 0 Å². The zero-order valence-corrected chi connectivity index (χ0v) is 10.8. The van der Waals surface area contributed by atoms with Gasteiger partial charge in [-0.15, -0.1) is 0 Å². The summed E-state index contributed by atoms with van der Waals surface area (Å²) in [5.74, 6) is -0.207. The van der Waals surface area contributed by atoms with Gasteiger partial charge in [-0.05, 0) is 12.1 Å². The van der Waals surface area contributed by atoms with Crippen molar-refractivity contribution in [3.05, 3.63) is 24.5 Å². The summed E-state index contributed by atoms with van der Waals surface area (Å²) in [7, 11) is -3.57. The second kappa shape index (κ2) is 4.55. The van der Waals surface area contributed by atoms with Gasteiger partial charge in [-0.2, -0.15) is 4.31 Å². The molecule has 102 valence electrons. The highest BCUT2D eigenvalue weighted by atomic mass is 32.2. The van der Waals surface area contributed by atoms with Gasteiger partial charge < -0.3 is 10.1 Å². The van der Waals surface area contributed by atoms with Gasteiger partial charge in [0.05, 0.1) is 12.1 Å². The van der Waals surface area contributed by atoms with Crippen molar-refractivity contribution in [2.75, 3.05) is 19.7 Å². The van der Waals surface area contributed by atoms with Gasteiger partial charge in [-0.1, -0.05) is 0 Å². The number of nitrogens with one attached hydrogen (secondary N) is 1. The quantitative estimate of drug-likeness (QED) is 0.749. The van der Waals surface area contributed by atoms with Gasteiger partial charge in [0.25, 0.3) is 0 Å². The lowest BCUT2D eigenvalue weighted by Gasteiger charge is -2.24. The van der Waals surface area contributed by atoms with Gasteiger partial charge >= 0.3 is 0 Å². The van der Waals surface area contributed by atoms with Crippen LogP contribution in [0, 0.1) is 0 Å². The highest BCUT2D eigenvalue weighted by molar-refractivity contribution is 7.89. The topological polar surface area (TPSA) is 88.6 Å². The molecular weight excluding hydrogens is 270 g/mol. The fourth-order valence-corrected chi connectivity index (χ4v) is 3.77. The number of fused-ring (bicyclic) bond motifs is 1. The van der Waals surface area contributed by atoms with Crippen LogP contribution in [0.3, 0.4) is 0 Å². The van der Waals surface area contributed by atoms with E-state index < -0.39 is 10.0 Å². The van der Waals surface area contributed by atoms with Crippen molar-refractivity contribution in [1.29, 1.82) is 0 Å². The number of pyridine rings is 1. The lowest BCUT2D eigenvalue weighted by Crippen LogP contribution is -2.50. The predicted molar refractivity (Wildman–Crippen MR) is 64.7 cm³/mol. The summed E-state index contributed by atoms with van der Waals surface area (Å²) >= 11 is 0. The van der Waals surface area contributed by atoms with E-state index in [1.807, 2.05) is 0 Å². The standard InChI is InChI=1S/C11H13N3O4S/c15-11-7-18-10-6-14(5-9(10)13-11)19(16,17)8-2-1-3-12-4-8/h1-4,9-10H,5-7H2,(H,13,15)/t9-,10-/m0/s1. The molecule has 2 fully saturated rings. The average Bonchev–Trinajstić information content (AvgIpc) is 2.83. The van der Waals surface area contributed by atoms with E-state index in [0.717, 1.165) is 0 Å². The van der Waals surface area contributed by atoms with Crippen molar-refractivity contribution in [1.82, 2.24) is 14.6 Å². The highest BCUT2D eigenvalue weighted by Crippen LogP contribution is 2.23. The fraction of sp³-hybridized carbons (Fsp3) is 0.455. The van der Waals surface area contributed by atoms with E-state index in [-0.39, 0.29) is 42.6 Å². The molecule has 0 aliphatic carbocycles. The average molecular weight is 283 g/mol. The van der Waals surface area contributed by atoms with Crippen molar-refractivity contribution in [3.8, 4) is 0 Å². The minimum Gasteiger partial charge on any atom is -0.365 e. The van der Waals surface area contributed by atoms with Crippen LogP contribution in [-0.2, 0) is 19.6 Å². The Labute approximate surface area is 110 Å². The molecule has 19 heavy (non-hydrogen) atoms. The molecule has 2 aliphatic rings. The van der Waals surface area contributed by atoms with Crippen LogP contribution >= 0.6 is 0 Å². The van der Waals surface area contributed by atoms with Gasteiger partial charge in [0, 0.05) is 25.5 Å². The van der Waals surface area contributed by atoms with Crippen molar-refractivity contribution < 1.29 is 17.9 Å². The first-order valence-corrected chi connectivity index (χ1v) is 7.32. The fourth-order valence-electron chi connectivity index (χ4n) is 2.32. The monoisotopic (exact) mass is 283 g/mol. The Bertz CT molecular complexity index is 589. The molecule has 7 nitrogen and oxygen atoms in total. The normalized spacial score (nSPS) is 27.9. The SMILES string of the molecule is O=C1CO[C@H]2CN(S(=O)(=O)c3cccnc3)C[C@@H]2N1. The number of aromatic nitrogens is 1. The summed E-state index contributed by atoms with van der Waals surface area (Å²) < 4.78 is 31.4. The number of hydrogen-bond acceptors (Lipinski definition) is 5. The van der Waals surface area contributed by atoms with Gasteiger partial charge in [0.15, 0.2) is 0 Å². The minimum absolute atomic E-state index is 0.0120. The van der Waals surface area contributed by atoms with Crippen molar-refractivity contribution >= 4 is 15.9 Å². The second-order valence-corrected chi connectivity index (χ2v) is 6.47. The largest absolute Gasteiger partial charge is 0.365 e. The molecule has 1 amide bonds. The zero-order valence-electron chi connectivity index (χ0n) is 10.0. The summed E-state index contributed by atoms with van der Waals surface area (Å²) in [6.07, 6.45) is 2.56. The van der Waals surface area contributed by atoms with Gasteiger partial charge in [0.2, 0.25) is 15.9 Å². The number of ether oxygens (including phenoxy) is 1. The van der Waals surface area contributed by atoms with Gasteiger partial charge in [-0.3, -0.25) is 9.78 Å². The third kappa shape index (κ3) is 2.22. The first kappa shape index (κ1) is 12.5. The molecule has 2 atom stereocenters. The maximum Gasteiger partial charge on any atom is 0.246 e. The second-order valence-electron chi connectivity index (χ2n) is 4.53. The van der Waals surface area contributed by atoms with Crippen LogP contribution in [0.25, 0.3) is 0 Å². The van der Waals surface area contributed by atoms with E-state index in [9.17, 15) is 13.2 Å². The summed E-state index contributed by atoms with van der Waals surface area (Å²) in [5.41, 5.74) is 0. The molecule has 8 heteroatoms. The first-order valence-electron chi connectivity index (χ1n) is 5.88. The van der Waals surface area contributed by atoms with Crippen LogP contribution in [0.15, 0.2) is 29.4 Å².